The van der Waals surface area contributed by atoms with Gasteiger partial charge in [0.1, 0.15) is 0 Å². The van der Waals surface area contributed by atoms with Crippen molar-refractivity contribution in [3.05, 3.63) is 49.6 Å². The third-order valence-electron chi connectivity index (χ3n) is 2.98. The molecule has 0 saturated carbocycles. The van der Waals surface area contributed by atoms with Crippen molar-refractivity contribution < 1.29 is 0 Å². The average Bonchev–Trinajstić information content (AvgIpc) is 2.70. The molecule has 96 valence electrons. The Morgan fingerprint density at radius 3 is 2.44 bits per heavy atom. The first kappa shape index (κ1) is 13.6. The van der Waals surface area contributed by atoms with Gasteiger partial charge in [0.05, 0.1) is 11.7 Å². The summed E-state index contributed by atoms with van der Waals surface area (Å²) < 4.78 is 1.14. The fraction of sp³-hybridized carbons (Fsp3) is 0.333. The first-order valence-electron chi connectivity index (χ1n) is 6.07. The van der Waals surface area contributed by atoms with Crippen molar-refractivity contribution in [2.45, 2.75) is 33.7 Å². The third kappa shape index (κ3) is 2.96. The molecule has 0 radical (unpaired) electrons. The Balaban J connectivity index is 2.24. The molecule has 0 aliphatic rings. The lowest BCUT2D eigenvalue weighted by Crippen LogP contribution is -2.07. The minimum absolute atomic E-state index is 0.335. The summed E-state index contributed by atoms with van der Waals surface area (Å²) in [6, 6.07) is 9.08. The van der Waals surface area contributed by atoms with Crippen molar-refractivity contribution >= 4 is 33.0 Å². The van der Waals surface area contributed by atoms with Crippen LogP contribution < -0.4 is 5.32 Å². The zero-order valence-corrected chi connectivity index (χ0v) is 13.6. The van der Waals surface area contributed by atoms with Gasteiger partial charge in [-0.05, 0) is 73.0 Å². The average molecular weight is 324 g/mol. The van der Waals surface area contributed by atoms with Crippen molar-refractivity contribution in [1.82, 2.24) is 0 Å². The summed E-state index contributed by atoms with van der Waals surface area (Å²) in [5.41, 5.74) is 3.76. The number of benzene rings is 1. The molecule has 1 N–H and O–H groups in total. The fourth-order valence-electron chi connectivity index (χ4n) is 2.07. The molecular formula is C15H18BrNS. The molecule has 2 aromatic rings. The summed E-state index contributed by atoms with van der Waals surface area (Å²) in [7, 11) is 0. The van der Waals surface area contributed by atoms with Crippen LogP contribution in [-0.4, -0.2) is 0 Å². The number of hydrogen-bond acceptors (Lipinski definition) is 2. The first-order chi connectivity index (χ1) is 8.47. The molecule has 2 rings (SSSR count). The predicted molar refractivity (Wildman–Crippen MR) is 84.7 cm³/mol. The highest BCUT2D eigenvalue weighted by molar-refractivity contribution is 9.10. The Bertz CT molecular complexity index is 536. The highest BCUT2D eigenvalue weighted by Gasteiger charge is 2.11. The lowest BCUT2D eigenvalue weighted by molar-refractivity contribution is 0.904. The molecule has 0 spiro atoms. The van der Waals surface area contributed by atoms with Crippen LogP contribution in [0.3, 0.4) is 0 Å². The van der Waals surface area contributed by atoms with Crippen LogP contribution in [0.5, 0.6) is 0 Å². The second-order valence-electron chi connectivity index (χ2n) is 4.75. The molecule has 0 aliphatic heterocycles. The Labute approximate surface area is 121 Å². The van der Waals surface area contributed by atoms with Gasteiger partial charge >= 0.3 is 0 Å². The van der Waals surface area contributed by atoms with E-state index in [0.717, 1.165) is 4.47 Å². The molecule has 0 amide bonds. The number of nitrogens with one attached hydrogen (secondary N) is 1. The van der Waals surface area contributed by atoms with Gasteiger partial charge in [0.25, 0.3) is 0 Å². The van der Waals surface area contributed by atoms with Crippen LogP contribution in [0, 0.1) is 20.8 Å². The van der Waals surface area contributed by atoms with Crippen LogP contribution in [0.1, 0.15) is 33.8 Å². The molecule has 0 bridgehead atoms. The minimum atomic E-state index is 0.335. The number of rotatable bonds is 3. The van der Waals surface area contributed by atoms with Gasteiger partial charge in [0.2, 0.25) is 0 Å². The number of anilines is 1. The molecule has 0 saturated heterocycles. The van der Waals surface area contributed by atoms with Crippen molar-refractivity contribution in [3.63, 3.8) is 0 Å². The van der Waals surface area contributed by atoms with Crippen LogP contribution in [0.2, 0.25) is 0 Å². The van der Waals surface area contributed by atoms with Gasteiger partial charge in [-0.25, -0.2) is 0 Å². The SMILES string of the molecule is Cc1cc(C)c(NC(C)c2ccc(C)s2)c(Br)c1. The smallest absolute Gasteiger partial charge is 0.0579 e. The molecule has 1 atom stereocenters. The molecular weight excluding hydrogens is 306 g/mol. The normalized spacial score (nSPS) is 12.5. The lowest BCUT2D eigenvalue weighted by Gasteiger charge is -2.18. The number of halogens is 1. The van der Waals surface area contributed by atoms with Crippen LogP contribution in [0.4, 0.5) is 5.69 Å². The highest BCUT2D eigenvalue weighted by atomic mass is 79.9. The Morgan fingerprint density at radius 2 is 1.89 bits per heavy atom. The summed E-state index contributed by atoms with van der Waals surface area (Å²) in [6.07, 6.45) is 0. The van der Waals surface area contributed by atoms with E-state index in [1.54, 1.807) is 0 Å². The van der Waals surface area contributed by atoms with Crippen molar-refractivity contribution in [2.24, 2.45) is 0 Å². The monoisotopic (exact) mass is 323 g/mol. The molecule has 1 heterocycles. The molecule has 1 aromatic carbocycles. The molecule has 0 fully saturated rings. The fourth-order valence-corrected chi connectivity index (χ4v) is 3.74. The molecule has 1 aromatic heterocycles. The maximum Gasteiger partial charge on any atom is 0.0579 e. The van der Waals surface area contributed by atoms with Crippen molar-refractivity contribution in [2.75, 3.05) is 5.32 Å². The molecule has 1 unspecified atom stereocenters. The molecule has 1 nitrogen and oxygen atoms in total. The summed E-state index contributed by atoms with van der Waals surface area (Å²) in [6.45, 7) is 8.62. The van der Waals surface area contributed by atoms with E-state index in [2.05, 4.69) is 73.2 Å². The van der Waals surface area contributed by atoms with Crippen molar-refractivity contribution in [1.29, 1.82) is 0 Å². The predicted octanol–water partition coefficient (Wildman–Crippen LogP) is 5.61. The van der Waals surface area contributed by atoms with E-state index < -0.39 is 0 Å². The quantitative estimate of drug-likeness (QED) is 0.774. The zero-order chi connectivity index (χ0) is 13.3. The number of hydrogen-bond donors (Lipinski definition) is 1. The van der Waals surface area contributed by atoms with Crippen LogP contribution >= 0.6 is 27.3 Å². The maximum atomic E-state index is 3.65. The van der Waals surface area contributed by atoms with E-state index in [1.165, 1.54) is 26.6 Å². The Morgan fingerprint density at radius 1 is 1.17 bits per heavy atom. The first-order valence-corrected chi connectivity index (χ1v) is 7.68. The van der Waals surface area contributed by atoms with E-state index in [0.29, 0.717) is 6.04 Å². The molecule has 0 aliphatic carbocycles. The summed E-state index contributed by atoms with van der Waals surface area (Å²) in [5, 5.41) is 3.60. The number of thiophene rings is 1. The third-order valence-corrected chi connectivity index (χ3v) is 4.79. The van der Waals surface area contributed by atoms with E-state index in [-0.39, 0.29) is 0 Å². The van der Waals surface area contributed by atoms with E-state index >= 15 is 0 Å². The Kier molecular flexibility index (Phi) is 4.13. The zero-order valence-electron chi connectivity index (χ0n) is 11.2. The standard InChI is InChI=1S/C15H18BrNS/c1-9-7-10(2)15(13(16)8-9)17-12(4)14-6-5-11(3)18-14/h5-8,12,17H,1-4H3. The summed E-state index contributed by atoms with van der Waals surface area (Å²) >= 11 is 5.50. The van der Waals surface area contributed by atoms with Crippen LogP contribution in [-0.2, 0) is 0 Å². The molecule has 18 heavy (non-hydrogen) atoms. The van der Waals surface area contributed by atoms with E-state index in [4.69, 9.17) is 0 Å². The van der Waals surface area contributed by atoms with E-state index in [9.17, 15) is 0 Å². The Hall–Kier alpha value is -0.800. The number of aryl methyl sites for hydroxylation is 3. The second-order valence-corrected chi connectivity index (χ2v) is 6.93. The molecule has 3 heteroatoms. The van der Waals surface area contributed by atoms with Gasteiger partial charge in [-0.2, -0.15) is 0 Å². The van der Waals surface area contributed by atoms with Crippen molar-refractivity contribution in [3.8, 4) is 0 Å². The van der Waals surface area contributed by atoms with Gasteiger partial charge in [0.15, 0.2) is 0 Å². The highest BCUT2D eigenvalue weighted by Crippen LogP contribution is 2.32. The lowest BCUT2D eigenvalue weighted by atomic mass is 10.1. The summed E-state index contributed by atoms with van der Waals surface area (Å²) in [4.78, 5) is 2.73. The van der Waals surface area contributed by atoms with Crippen LogP contribution in [0.25, 0.3) is 0 Å². The van der Waals surface area contributed by atoms with Gasteiger partial charge < -0.3 is 5.32 Å². The van der Waals surface area contributed by atoms with E-state index in [1.807, 2.05) is 11.3 Å². The topological polar surface area (TPSA) is 12.0 Å². The second kappa shape index (κ2) is 5.45. The maximum absolute atomic E-state index is 3.65. The summed E-state index contributed by atoms with van der Waals surface area (Å²) in [5.74, 6) is 0. The van der Waals surface area contributed by atoms with Gasteiger partial charge in [-0.3, -0.25) is 0 Å². The minimum Gasteiger partial charge on any atom is -0.377 e. The van der Waals surface area contributed by atoms with Gasteiger partial charge in [-0.1, -0.05) is 6.07 Å². The largest absolute Gasteiger partial charge is 0.377 e. The van der Waals surface area contributed by atoms with Crippen LogP contribution in [0.15, 0.2) is 28.7 Å². The van der Waals surface area contributed by atoms with Gasteiger partial charge in [0, 0.05) is 14.2 Å². The van der Waals surface area contributed by atoms with Gasteiger partial charge in [-0.15, -0.1) is 11.3 Å².